The molecule has 1 amide bonds. The summed E-state index contributed by atoms with van der Waals surface area (Å²) < 4.78 is 45.1. The van der Waals surface area contributed by atoms with Crippen LogP contribution < -0.4 is 10.6 Å². The summed E-state index contributed by atoms with van der Waals surface area (Å²) in [6.07, 6.45) is -1.45. The lowest BCUT2D eigenvalue weighted by atomic mass is 9.80. The monoisotopic (exact) mass is 328 g/mol. The largest absolute Gasteiger partial charge is 0.416 e. The van der Waals surface area contributed by atoms with Gasteiger partial charge in [-0.15, -0.1) is 0 Å². The molecule has 0 spiro atoms. The number of hydrogen-bond acceptors (Lipinski definition) is 3. The molecule has 0 saturated heterocycles. The zero-order valence-corrected chi connectivity index (χ0v) is 12.8. The highest BCUT2D eigenvalue weighted by Gasteiger charge is 2.38. The fraction of sp³-hybridized carbons (Fsp3) is 0.562. The lowest BCUT2D eigenvalue weighted by molar-refractivity contribution is -0.138. The third-order valence-electron chi connectivity index (χ3n) is 4.76. The summed E-state index contributed by atoms with van der Waals surface area (Å²) in [6, 6.07) is 2.67. The van der Waals surface area contributed by atoms with Crippen LogP contribution in [-0.4, -0.2) is 25.2 Å². The number of hydrogen-bond donors (Lipinski definition) is 2. The molecule has 23 heavy (non-hydrogen) atoms. The molecule has 0 radical (unpaired) electrons. The molecule has 0 aromatic heterocycles. The van der Waals surface area contributed by atoms with E-state index < -0.39 is 17.6 Å². The normalized spacial score (nSPS) is 19.2. The van der Waals surface area contributed by atoms with Gasteiger partial charge in [-0.05, 0) is 42.5 Å². The Balaban J connectivity index is 1.77. The number of halogens is 3. The summed E-state index contributed by atoms with van der Waals surface area (Å²) in [5.74, 6) is -0.445. The van der Waals surface area contributed by atoms with Gasteiger partial charge in [0.1, 0.15) is 0 Å². The van der Waals surface area contributed by atoms with Crippen molar-refractivity contribution < 1.29 is 22.7 Å². The lowest BCUT2D eigenvalue weighted by Gasteiger charge is -2.40. The second kappa shape index (κ2) is 5.79. The Morgan fingerprint density at radius 3 is 2.65 bits per heavy atom. The van der Waals surface area contributed by atoms with E-state index in [2.05, 4.69) is 10.6 Å². The molecular formula is C16H19F3N2O2. The Labute approximate surface area is 132 Å². The van der Waals surface area contributed by atoms with E-state index in [1.165, 1.54) is 0 Å². The molecule has 0 unspecified atom stereocenters. The van der Waals surface area contributed by atoms with Crippen LogP contribution in [0.1, 0.15) is 46.3 Å². The fourth-order valence-corrected chi connectivity index (χ4v) is 3.20. The Bertz CT molecular complexity index is 619. The summed E-state index contributed by atoms with van der Waals surface area (Å²) in [5, 5.41) is 5.61. The summed E-state index contributed by atoms with van der Waals surface area (Å²) in [7, 11) is 1.66. The highest BCUT2D eigenvalue weighted by atomic mass is 19.4. The van der Waals surface area contributed by atoms with E-state index in [0.717, 1.165) is 25.3 Å². The average molecular weight is 328 g/mol. The van der Waals surface area contributed by atoms with E-state index in [4.69, 9.17) is 4.74 Å². The molecule has 126 valence electrons. The third kappa shape index (κ3) is 3.07. The Morgan fingerprint density at radius 2 is 2.09 bits per heavy atom. The molecule has 0 bridgehead atoms. The van der Waals surface area contributed by atoms with Gasteiger partial charge in [-0.3, -0.25) is 4.79 Å². The van der Waals surface area contributed by atoms with Gasteiger partial charge in [-0.25, -0.2) is 0 Å². The standard InChI is InChI=1S/C16H19F3N2O2/c1-23-15(3-2-4-15)9-20-7-10-5-11-12(8-21-14(11)22)13(6-10)16(17,18)19/h5-6,20H,2-4,7-9H2,1H3,(H,21,22). The van der Waals surface area contributed by atoms with E-state index in [1.54, 1.807) is 13.2 Å². The van der Waals surface area contributed by atoms with Gasteiger partial charge in [0, 0.05) is 32.3 Å². The van der Waals surface area contributed by atoms with Crippen LogP contribution in [0.25, 0.3) is 0 Å². The minimum atomic E-state index is -4.46. The van der Waals surface area contributed by atoms with Crippen molar-refractivity contribution in [3.05, 3.63) is 34.4 Å². The molecule has 1 fully saturated rings. The van der Waals surface area contributed by atoms with Crippen molar-refractivity contribution in [2.75, 3.05) is 13.7 Å². The van der Waals surface area contributed by atoms with E-state index in [0.29, 0.717) is 12.1 Å². The van der Waals surface area contributed by atoms with Gasteiger partial charge in [0.2, 0.25) is 0 Å². The lowest BCUT2D eigenvalue weighted by Crippen LogP contribution is -2.47. The highest BCUT2D eigenvalue weighted by molar-refractivity contribution is 5.99. The number of alkyl halides is 3. The van der Waals surface area contributed by atoms with Gasteiger partial charge in [0.15, 0.2) is 0 Å². The first-order valence-corrected chi connectivity index (χ1v) is 7.62. The van der Waals surface area contributed by atoms with Crippen molar-refractivity contribution in [3.63, 3.8) is 0 Å². The zero-order valence-electron chi connectivity index (χ0n) is 12.8. The van der Waals surface area contributed by atoms with E-state index >= 15 is 0 Å². The van der Waals surface area contributed by atoms with Crippen molar-refractivity contribution in [2.24, 2.45) is 0 Å². The number of rotatable bonds is 5. The molecule has 1 saturated carbocycles. The van der Waals surface area contributed by atoms with Crippen LogP contribution in [-0.2, 0) is 24.0 Å². The summed E-state index contributed by atoms with van der Waals surface area (Å²) >= 11 is 0. The second-order valence-electron chi connectivity index (χ2n) is 6.19. The topological polar surface area (TPSA) is 50.4 Å². The fourth-order valence-electron chi connectivity index (χ4n) is 3.20. The molecule has 2 N–H and O–H groups in total. The quantitative estimate of drug-likeness (QED) is 0.874. The molecule has 1 aromatic rings. The molecule has 1 aliphatic heterocycles. The number of ether oxygens (including phenoxy) is 1. The van der Waals surface area contributed by atoms with Crippen molar-refractivity contribution >= 4 is 5.91 Å². The van der Waals surface area contributed by atoms with E-state index in [1.807, 2.05) is 0 Å². The number of nitrogens with one attached hydrogen (secondary N) is 2. The van der Waals surface area contributed by atoms with Gasteiger partial charge < -0.3 is 15.4 Å². The molecular weight excluding hydrogens is 309 g/mol. The van der Waals surface area contributed by atoms with Crippen LogP contribution in [0.4, 0.5) is 13.2 Å². The predicted octanol–water partition coefficient (Wildman–Crippen LogP) is 2.61. The van der Waals surface area contributed by atoms with Gasteiger partial charge >= 0.3 is 6.18 Å². The van der Waals surface area contributed by atoms with Crippen molar-refractivity contribution in [3.8, 4) is 0 Å². The number of benzene rings is 1. The van der Waals surface area contributed by atoms with Gasteiger partial charge in [0.25, 0.3) is 5.91 Å². The first-order chi connectivity index (χ1) is 10.8. The summed E-state index contributed by atoms with van der Waals surface area (Å²) in [5.41, 5.74) is -0.296. The molecule has 7 heteroatoms. The number of methoxy groups -OCH3 is 1. The van der Waals surface area contributed by atoms with Crippen LogP contribution in [0.3, 0.4) is 0 Å². The first kappa shape index (κ1) is 16.3. The van der Waals surface area contributed by atoms with Crippen LogP contribution in [0.15, 0.2) is 12.1 Å². The Morgan fingerprint density at radius 1 is 1.35 bits per heavy atom. The first-order valence-electron chi connectivity index (χ1n) is 7.62. The van der Waals surface area contributed by atoms with Crippen LogP contribution in [0.5, 0.6) is 0 Å². The SMILES string of the molecule is COC1(CNCc2cc3c(c(C(F)(F)F)c2)CNC3=O)CCC1. The minimum absolute atomic E-state index is 0.0404. The number of fused-ring (bicyclic) bond motifs is 1. The average Bonchev–Trinajstić information content (AvgIpc) is 2.82. The van der Waals surface area contributed by atoms with Gasteiger partial charge in [-0.2, -0.15) is 13.2 Å². The maximum atomic E-state index is 13.2. The molecule has 1 aliphatic carbocycles. The predicted molar refractivity (Wildman–Crippen MR) is 77.9 cm³/mol. The molecule has 2 aliphatic rings. The van der Waals surface area contributed by atoms with Gasteiger partial charge in [0.05, 0.1) is 11.2 Å². The molecule has 1 heterocycles. The molecule has 3 rings (SSSR count). The Hall–Kier alpha value is -1.60. The smallest absolute Gasteiger partial charge is 0.377 e. The number of carbonyl (C=O) groups excluding carboxylic acids is 1. The third-order valence-corrected chi connectivity index (χ3v) is 4.76. The molecule has 4 nitrogen and oxygen atoms in total. The summed E-state index contributed by atoms with van der Waals surface area (Å²) in [6.45, 7) is 0.798. The van der Waals surface area contributed by atoms with Crippen LogP contribution in [0.2, 0.25) is 0 Å². The van der Waals surface area contributed by atoms with E-state index in [-0.39, 0.29) is 29.8 Å². The zero-order chi connectivity index (χ0) is 16.7. The molecule has 1 aromatic carbocycles. The van der Waals surface area contributed by atoms with Crippen LogP contribution in [0, 0.1) is 0 Å². The number of carbonyl (C=O) groups is 1. The highest BCUT2D eigenvalue weighted by Crippen LogP contribution is 2.36. The maximum Gasteiger partial charge on any atom is 0.416 e. The maximum absolute atomic E-state index is 13.2. The Kier molecular flexibility index (Phi) is 4.10. The van der Waals surface area contributed by atoms with Crippen molar-refractivity contribution in [1.82, 2.24) is 10.6 Å². The van der Waals surface area contributed by atoms with E-state index in [9.17, 15) is 18.0 Å². The number of amides is 1. The van der Waals surface area contributed by atoms with Gasteiger partial charge in [-0.1, -0.05) is 0 Å². The summed E-state index contributed by atoms with van der Waals surface area (Å²) in [4.78, 5) is 11.7. The van der Waals surface area contributed by atoms with Crippen LogP contribution >= 0.6 is 0 Å². The molecule has 0 atom stereocenters. The van der Waals surface area contributed by atoms with Crippen molar-refractivity contribution in [2.45, 2.75) is 44.1 Å². The second-order valence-corrected chi connectivity index (χ2v) is 6.19. The minimum Gasteiger partial charge on any atom is -0.377 e. The van der Waals surface area contributed by atoms with Crippen molar-refractivity contribution in [1.29, 1.82) is 0 Å².